The maximum atomic E-state index is 10.9. The number of carbonyl (C=O) groups is 1. The van der Waals surface area contributed by atoms with Gasteiger partial charge in [0.2, 0.25) is 12.1 Å². The molecule has 0 aromatic heterocycles. The molecule has 0 radical (unpaired) electrons. The molecule has 1 aliphatic rings. The van der Waals surface area contributed by atoms with Crippen molar-refractivity contribution in [2.75, 3.05) is 7.11 Å². The molecule has 0 saturated carbocycles. The first-order valence-electron chi connectivity index (χ1n) is 6.75. The van der Waals surface area contributed by atoms with Gasteiger partial charge in [-0.25, -0.2) is 4.79 Å². The highest BCUT2D eigenvalue weighted by Crippen LogP contribution is 2.30. The number of nitrogens with zero attached hydrogens (tertiary/aromatic N) is 1. The van der Waals surface area contributed by atoms with E-state index in [0.717, 1.165) is 15.8 Å². The van der Waals surface area contributed by atoms with Crippen LogP contribution in [0.4, 0.5) is 0 Å². The molecule has 1 unspecified atom stereocenters. The molecule has 7 heteroatoms. The summed E-state index contributed by atoms with van der Waals surface area (Å²) in [5.74, 6) is 0.181. The third-order valence-corrected chi connectivity index (χ3v) is 3.99. The summed E-state index contributed by atoms with van der Waals surface area (Å²) < 4.78 is 11.8. The molecule has 6 nitrogen and oxygen atoms in total. The van der Waals surface area contributed by atoms with E-state index in [4.69, 9.17) is 14.6 Å². The Kier molecular flexibility index (Phi) is 4.20. The van der Waals surface area contributed by atoms with Gasteiger partial charge in [0, 0.05) is 11.1 Å². The summed E-state index contributed by atoms with van der Waals surface area (Å²) in [5.41, 5.74) is 4.72. The van der Waals surface area contributed by atoms with Crippen molar-refractivity contribution in [3.63, 3.8) is 0 Å². The van der Waals surface area contributed by atoms with Gasteiger partial charge in [0.1, 0.15) is 5.75 Å². The summed E-state index contributed by atoms with van der Waals surface area (Å²) in [6.07, 6.45) is -0.411. The quantitative estimate of drug-likeness (QED) is 0.856. The van der Waals surface area contributed by atoms with Gasteiger partial charge in [0.25, 0.3) is 0 Å². The van der Waals surface area contributed by atoms with Crippen LogP contribution in [0.25, 0.3) is 0 Å². The van der Waals surface area contributed by atoms with Crippen LogP contribution in [0.3, 0.4) is 0 Å². The van der Waals surface area contributed by atoms with Crippen LogP contribution in [0.1, 0.15) is 27.7 Å². The van der Waals surface area contributed by atoms with E-state index < -0.39 is 12.2 Å². The highest BCUT2D eigenvalue weighted by atomic mass is 79.9. The monoisotopic (exact) mass is 376 g/mol. The molecule has 0 saturated heterocycles. The van der Waals surface area contributed by atoms with Crippen LogP contribution in [0.2, 0.25) is 0 Å². The lowest BCUT2D eigenvalue weighted by atomic mass is 10.1. The number of nitrogens with one attached hydrogen (secondary N) is 1. The van der Waals surface area contributed by atoms with Crippen molar-refractivity contribution >= 4 is 27.8 Å². The second-order valence-corrected chi connectivity index (χ2v) is 5.67. The summed E-state index contributed by atoms with van der Waals surface area (Å²) in [4.78, 5) is 10.9. The smallest absolute Gasteiger partial charge is 0.335 e. The fourth-order valence-corrected chi connectivity index (χ4v) is 2.72. The Bertz CT molecular complexity index is 774. The van der Waals surface area contributed by atoms with Gasteiger partial charge in [-0.05, 0) is 58.4 Å². The Balaban J connectivity index is 1.75. The number of rotatable bonds is 4. The van der Waals surface area contributed by atoms with Crippen molar-refractivity contribution in [3.05, 3.63) is 63.6 Å². The van der Waals surface area contributed by atoms with E-state index in [-0.39, 0.29) is 5.56 Å². The standard InChI is InChI=1S/C16H13BrN2O4/c1-22-13-7-6-11(8-12(13)17)15-19-18-14(23-15)9-2-4-10(5-3-9)16(20)21/h2-8,15,19H,1H3,(H,20,21). The lowest BCUT2D eigenvalue weighted by molar-refractivity contribution is 0.0697. The lowest BCUT2D eigenvalue weighted by Gasteiger charge is -2.13. The number of ether oxygens (including phenoxy) is 2. The predicted octanol–water partition coefficient (Wildman–Crippen LogP) is 3.14. The fourth-order valence-electron chi connectivity index (χ4n) is 2.16. The Morgan fingerprint density at radius 3 is 2.65 bits per heavy atom. The van der Waals surface area contributed by atoms with Gasteiger partial charge >= 0.3 is 5.97 Å². The molecule has 1 aliphatic heterocycles. The molecule has 0 amide bonds. The van der Waals surface area contributed by atoms with Crippen molar-refractivity contribution in [2.24, 2.45) is 5.10 Å². The average Bonchev–Trinajstić information content (AvgIpc) is 3.05. The fraction of sp³-hybridized carbons (Fsp3) is 0.125. The normalized spacial score (nSPS) is 16.3. The molecule has 0 spiro atoms. The number of methoxy groups -OCH3 is 1. The van der Waals surface area contributed by atoms with Crippen molar-refractivity contribution in [2.45, 2.75) is 6.23 Å². The van der Waals surface area contributed by atoms with Gasteiger partial charge in [-0.15, -0.1) is 5.10 Å². The molecule has 0 fully saturated rings. The zero-order chi connectivity index (χ0) is 16.4. The number of carboxylic acids is 1. The topological polar surface area (TPSA) is 80.2 Å². The van der Waals surface area contributed by atoms with Gasteiger partial charge < -0.3 is 14.6 Å². The highest BCUT2D eigenvalue weighted by Gasteiger charge is 2.23. The van der Waals surface area contributed by atoms with Crippen molar-refractivity contribution in [1.82, 2.24) is 5.43 Å². The minimum atomic E-state index is -0.968. The Morgan fingerprint density at radius 2 is 2.04 bits per heavy atom. The van der Waals surface area contributed by atoms with Crippen LogP contribution in [0.15, 0.2) is 52.0 Å². The molecule has 2 aromatic rings. The van der Waals surface area contributed by atoms with Crippen LogP contribution in [-0.2, 0) is 4.74 Å². The van der Waals surface area contributed by atoms with Crippen molar-refractivity contribution in [1.29, 1.82) is 0 Å². The SMILES string of the molecule is COc1ccc(C2NN=C(c3ccc(C(=O)O)cc3)O2)cc1Br. The van der Waals surface area contributed by atoms with Crippen LogP contribution in [0, 0.1) is 0 Å². The minimum absolute atomic E-state index is 0.218. The minimum Gasteiger partial charge on any atom is -0.496 e. The maximum Gasteiger partial charge on any atom is 0.335 e. The number of benzene rings is 2. The summed E-state index contributed by atoms with van der Waals surface area (Å²) in [7, 11) is 1.60. The Morgan fingerprint density at radius 1 is 1.30 bits per heavy atom. The number of aromatic carboxylic acids is 1. The van der Waals surface area contributed by atoms with E-state index in [1.807, 2.05) is 18.2 Å². The molecule has 23 heavy (non-hydrogen) atoms. The lowest BCUT2D eigenvalue weighted by Crippen LogP contribution is -2.12. The van der Waals surface area contributed by atoms with Crippen LogP contribution in [0.5, 0.6) is 5.75 Å². The van der Waals surface area contributed by atoms with E-state index in [9.17, 15) is 4.79 Å². The number of carboxylic acid groups (broad SMARTS) is 1. The largest absolute Gasteiger partial charge is 0.496 e. The molecule has 118 valence electrons. The molecule has 3 rings (SSSR count). The highest BCUT2D eigenvalue weighted by molar-refractivity contribution is 9.10. The number of halogens is 1. The van der Waals surface area contributed by atoms with Gasteiger partial charge in [-0.2, -0.15) is 0 Å². The van der Waals surface area contributed by atoms with Crippen molar-refractivity contribution < 1.29 is 19.4 Å². The van der Waals surface area contributed by atoms with E-state index in [2.05, 4.69) is 26.5 Å². The number of hydrogen-bond acceptors (Lipinski definition) is 5. The first-order chi connectivity index (χ1) is 11.1. The first-order valence-corrected chi connectivity index (χ1v) is 7.55. The first kappa shape index (κ1) is 15.4. The summed E-state index contributed by atoms with van der Waals surface area (Å²) in [5, 5.41) is 13.1. The van der Waals surface area contributed by atoms with Gasteiger partial charge in [0.05, 0.1) is 17.1 Å². The van der Waals surface area contributed by atoms with E-state index in [1.165, 1.54) is 12.1 Å². The van der Waals surface area contributed by atoms with Crippen molar-refractivity contribution in [3.8, 4) is 5.75 Å². The zero-order valence-corrected chi connectivity index (χ0v) is 13.7. The summed E-state index contributed by atoms with van der Waals surface area (Å²) >= 11 is 3.43. The molecular weight excluding hydrogens is 364 g/mol. The van der Waals surface area contributed by atoms with Crippen LogP contribution >= 0.6 is 15.9 Å². The predicted molar refractivity (Wildman–Crippen MR) is 87.6 cm³/mol. The van der Waals surface area contributed by atoms with E-state index in [1.54, 1.807) is 19.2 Å². The van der Waals surface area contributed by atoms with Gasteiger partial charge in [0.15, 0.2) is 0 Å². The number of hydrazone groups is 1. The molecule has 0 aliphatic carbocycles. The molecule has 1 atom stereocenters. The molecular formula is C16H13BrN2O4. The maximum absolute atomic E-state index is 10.9. The zero-order valence-electron chi connectivity index (χ0n) is 12.1. The molecule has 1 heterocycles. The molecule has 2 N–H and O–H groups in total. The second-order valence-electron chi connectivity index (χ2n) is 4.82. The molecule has 0 bridgehead atoms. The van der Waals surface area contributed by atoms with Gasteiger partial charge in [-0.1, -0.05) is 0 Å². The van der Waals surface area contributed by atoms with Gasteiger partial charge in [-0.3, -0.25) is 5.43 Å². The van der Waals surface area contributed by atoms with E-state index >= 15 is 0 Å². The van der Waals surface area contributed by atoms with E-state index in [0.29, 0.717) is 11.5 Å². The Hall–Kier alpha value is -2.54. The third kappa shape index (κ3) is 3.14. The summed E-state index contributed by atoms with van der Waals surface area (Å²) in [6, 6.07) is 12.0. The summed E-state index contributed by atoms with van der Waals surface area (Å²) in [6.45, 7) is 0. The van der Waals surface area contributed by atoms with Crippen LogP contribution < -0.4 is 10.2 Å². The van der Waals surface area contributed by atoms with Crippen LogP contribution in [-0.4, -0.2) is 24.1 Å². The molecule has 2 aromatic carbocycles. The Labute approximate surface area is 140 Å². The average molecular weight is 377 g/mol. The third-order valence-electron chi connectivity index (χ3n) is 3.37. The second kappa shape index (κ2) is 6.29. The number of hydrogen-bond donors (Lipinski definition) is 2.